The fraction of sp³-hybridized carbons (Fsp3) is 0.440. The molecule has 0 saturated carbocycles. The van der Waals surface area contributed by atoms with E-state index in [9.17, 15) is 18.8 Å². The first-order valence-corrected chi connectivity index (χ1v) is 11.5. The zero-order valence-corrected chi connectivity index (χ0v) is 19.7. The van der Waals surface area contributed by atoms with Gasteiger partial charge in [0.05, 0.1) is 24.1 Å². The third-order valence-corrected chi connectivity index (χ3v) is 6.54. The van der Waals surface area contributed by atoms with Gasteiger partial charge in [-0.15, -0.1) is 0 Å². The Labute approximate surface area is 196 Å². The van der Waals surface area contributed by atoms with E-state index in [4.69, 9.17) is 4.74 Å². The van der Waals surface area contributed by atoms with Crippen LogP contribution in [0.3, 0.4) is 0 Å². The van der Waals surface area contributed by atoms with Crippen LogP contribution in [0.5, 0.6) is 0 Å². The van der Waals surface area contributed by atoms with Crippen LogP contribution in [-0.4, -0.2) is 50.8 Å². The monoisotopic (exact) mass is 468 g/mol. The van der Waals surface area contributed by atoms with Crippen LogP contribution >= 0.6 is 0 Å². The number of ether oxygens (including phenoxy) is 1. The van der Waals surface area contributed by atoms with E-state index in [0.717, 1.165) is 22.3 Å². The quantitative estimate of drug-likeness (QED) is 0.520. The Hall–Kier alpha value is -3.49. The van der Waals surface area contributed by atoms with Crippen LogP contribution in [0.25, 0.3) is 10.8 Å². The van der Waals surface area contributed by atoms with E-state index in [2.05, 4.69) is 5.10 Å². The summed E-state index contributed by atoms with van der Waals surface area (Å²) in [5.41, 5.74) is 2.24. The molecule has 4 rings (SSSR count). The fourth-order valence-electron chi connectivity index (χ4n) is 4.65. The minimum absolute atomic E-state index is 0.189. The lowest BCUT2D eigenvalue weighted by Crippen LogP contribution is -2.45. The van der Waals surface area contributed by atoms with Crippen molar-refractivity contribution in [2.75, 3.05) is 19.7 Å². The van der Waals surface area contributed by atoms with Crippen molar-refractivity contribution in [1.29, 1.82) is 0 Å². The van der Waals surface area contributed by atoms with Crippen molar-refractivity contribution < 1.29 is 18.7 Å². The number of hydrogen-bond donors (Lipinski definition) is 0. The van der Waals surface area contributed by atoms with Gasteiger partial charge in [0.15, 0.2) is 0 Å². The molecule has 0 unspecified atom stereocenters. The van der Waals surface area contributed by atoms with E-state index in [0.29, 0.717) is 44.5 Å². The van der Waals surface area contributed by atoms with Crippen molar-refractivity contribution in [3.05, 3.63) is 63.6 Å². The van der Waals surface area contributed by atoms with Crippen molar-refractivity contribution in [2.24, 2.45) is 5.92 Å². The van der Waals surface area contributed by atoms with Gasteiger partial charge in [0, 0.05) is 36.4 Å². The molecule has 3 heterocycles. The summed E-state index contributed by atoms with van der Waals surface area (Å²) < 4.78 is 21.6. The van der Waals surface area contributed by atoms with E-state index >= 15 is 0 Å². The maximum absolute atomic E-state index is 13.3. The molecule has 0 N–H and O–H groups in total. The highest BCUT2D eigenvalue weighted by molar-refractivity contribution is 5.87. The zero-order chi connectivity index (χ0) is 24.4. The Bertz CT molecular complexity index is 1280. The van der Waals surface area contributed by atoms with E-state index in [1.165, 1.54) is 16.8 Å². The molecule has 0 bridgehead atoms. The van der Waals surface area contributed by atoms with Gasteiger partial charge >= 0.3 is 5.97 Å². The number of halogens is 1. The number of esters is 1. The van der Waals surface area contributed by atoms with Gasteiger partial charge in [-0.25, -0.2) is 9.07 Å². The molecule has 0 spiro atoms. The molecule has 0 aliphatic carbocycles. The number of nitrogens with zero attached hydrogens (tertiary/aromatic N) is 4. The predicted octanol–water partition coefficient (Wildman–Crippen LogP) is 2.80. The first-order chi connectivity index (χ1) is 16.3. The number of rotatable bonds is 6. The molecule has 1 amide bonds. The van der Waals surface area contributed by atoms with Gasteiger partial charge in [-0.05, 0) is 51.3 Å². The highest BCUT2D eigenvalue weighted by Gasteiger charge is 2.29. The van der Waals surface area contributed by atoms with Crippen molar-refractivity contribution in [1.82, 2.24) is 19.2 Å². The van der Waals surface area contributed by atoms with E-state index in [1.807, 2.05) is 18.4 Å². The lowest BCUT2D eigenvalue weighted by Gasteiger charge is -2.31. The molecule has 1 aromatic carbocycles. The van der Waals surface area contributed by atoms with Crippen LogP contribution in [0.4, 0.5) is 4.39 Å². The smallest absolute Gasteiger partial charge is 0.310 e. The number of likely N-dealkylation sites (tertiary alicyclic amines) is 1. The Morgan fingerprint density at radius 1 is 1.18 bits per heavy atom. The zero-order valence-electron chi connectivity index (χ0n) is 19.7. The van der Waals surface area contributed by atoms with Crippen LogP contribution in [-0.2, 0) is 27.4 Å². The number of fused-ring (bicyclic) bond motifs is 1. The van der Waals surface area contributed by atoms with Gasteiger partial charge in [-0.3, -0.25) is 14.4 Å². The van der Waals surface area contributed by atoms with Gasteiger partial charge in [0.1, 0.15) is 12.4 Å². The average molecular weight is 469 g/mol. The topological polar surface area (TPSA) is 86.4 Å². The number of aromatic nitrogens is 3. The number of benzene rings is 1. The Kier molecular flexibility index (Phi) is 6.81. The van der Waals surface area contributed by atoms with Gasteiger partial charge in [0.25, 0.3) is 5.56 Å². The summed E-state index contributed by atoms with van der Waals surface area (Å²) in [6, 6.07) is 6.26. The van der Waals surface area contributed by atoms with Crippen molar-refractivity contribution in [3.8, 4) is 0 Å². The van der Waals surface area contributed by atoms with Gasteiger partial charge < -0.3 is 14.2 Å². The molecule has 3 aromatic rings. The summed E-state index contributed by atoms with van der Waals surface area (Å²) in [6.07, 6.45) is 3.01. The third-order valence-electron chi connectivity index (χ3n) is 6.54. The summed E-state index contributed by atoms with van der Waals surface area (Å²) in [6.45, 7) is 6.98. The second-order valence-corrected chi connectivity index (χ2v) is 8.71. The Morgan fingerprint density at radius 3 is 2.62 bits per heavy atom. The minimum atomic E-state index is -0.338. The van der Waals surface area contributed by atoms with E-state index < -0.39 is 0 Å². The highest BCUT2D eigenvalue weighted by Crippen LogP contribution is 2.23. The Morgan fingerprint density at radius 2 is 1.91 bits per heavy atom. The second-order valence-electron chi connectivity index (χ2n) is 8.71. The average Bonchev–Trinajstić information content (AvgIpc) is 3.07. The van der Waals surface area contributed by atoms with Crippen molar-refractivity contribution in [3.63, 3.8) is 0 Å². The van der Waals surface area contributed by atoms with Crippen LogP contribution in [0.2, 0.25) is 0 Å². The molecule has 8 nitrogen and oxygen atoms in total. The summed E-state index contributed by atoms with van der Waals surface area (Å²) in [4.78, 5) is 39.9. The van der Waals surface area contributed by atoms with Gasteiger partial charge in [-0.1, -0.05) is 12.1 Å². The maximum atomic E-state index is 13.3. The normalized spacial score (nSPS) is 16.1. The largest absolute Gasteiger partial charge is 0.466 e. The predicted molar refractivity (Wildman–Crippen MR) is 125 cm³/mol. The standard InChI is InChI=1S/C25H29FN4O4/c1-4-34-25(33)19-6-5-11-28(14-19)22(31)15-30-24(32)23-17(3)29(16(2)21(23)12-27-30)13-18-7-9-20(26)10-8-18/h7-10,12,19H,4-6,11,13-15H2,1-3H3/t19-/m1/s1. The number of carbonyl (C=O) groups excluding carboxylic acids is 2. The van der Waals surface area contributed by atoms with Gasteiger partial charge in [0.2, 0.25) is 5.91 Å². The second kappa shape index (κ2) is 9.79. The molecule has 9 heteroatoms. The van der Waals surface area contributed by atoms with Crippen LogP contribution in [0, 0.1) is 25.6 Å². The molecule has 1 aliphatic rings. The van der Waals surface area contributed by atoms with Crippen LogP contribution in [0.15, 0.2) is 35.3 Å². The van der Waals surface area contributed by atoms with Crippen molar-refractivity contribution in [2.45, 2.75) is 46.7 Å². The molecule has 2 aromatic heterocycles. The van der Waals surface area contributed by atoms with Crippen LogP contribution in [0.1, 0.15) is 36.7 Å². The molecule has 1 fully saturated rings. The van der Waals surface area contributed by atoms with Gasteiger partial charge in [-0.2, -0.15) is 5.10 Å². The van der Waals surface area contributed by atoms with E-state index in [1.54, 1.807) is 30.2 Å². The maximum Gasteiger partial charge on any atom is 0.310 e. The highest BCUT2D eigenvalue weighted by atomic mass is 19.1. The van der Waals surface area contributed by atoms with E-state index in [-0.39, 0.29) is 35.7 Å². The lowest BCUT2D eigenvalue weighted by atomic mass is 9.98. The first kappa shape index (κ1) is 23.7. The molecule has 0 radical (unpaired) electrons. The summed E-state index contributed by atoms with van der Waals surface area (Å²) in [5, 5.41) is 5.51. The first-order valence-electron chi connectivity index (χ1n) is 11.5. The number of carbonyl (C=O) groups is 2. The molecule has 1 saturated heterocycles. The molecule has 1 atom stereocenters. The third kappa shape index (κ3) is 4.60. The minimum Gasteiger partial charge on any atom is -0.466 e. The number of hydrogen-bond acceptors (Lipinski definition) is 5. The van der Waals surface area contributed by atoms with Crippen molar-refractivity contribution >= 4 is 22.6 Å². The summed E-state index contributed by atoms with van der Waals surface area (Å²) >= 11 is 0. The van der Waals surface area contributed by atoms with Crippen LogP contribution < -0.4 is 5.56 Å². The molecule has 180 valence electrons. The summed E-state index contributed by atoms with van der Waals surface area (Å²) in [5.74, 6) is -1.17. The molecular weight excluding hydrogens is 439 g/mol. The molecule has 34 heavy (non-hydrogen) atoms. The summed E-state index contributed by atoms with van der Waals surface area (Å²) in [7, 11) is 0. The number of amides is 1. The SMILES string of the molecule is CCOC(=O)[C@@H]1CCCN(C(=O)Cn2ncc3c(C)n(Cc4ccc(F)cc4)c(C)c3c2=O)C1. The number of piperidine rings is 1. The Balaban J connectivity index is 1.57. The molecular formula is C25H29FN4O4. The molecule has 1 aliphatic heterocycles. The number of aryl methyl sites for hydroxylation is 2. The lowest BCUT2D eigenvalue weighted by molar-refractivity contribution is -0.151. The fourth-order valence-corrected chi connectivity index (χ4v) is 4.65.